The van der Waals surface area contributed by atoms with Crippen LogP contribution in [0.25, 0.3) is 0 Å². The quantitative estimate of drug-likeness (QED) is 0.374. The molecule has 1 saturated heterocycles. The van der Waals surface area contributed by atoms with Gasteiger partial charge in [-0.25, -0.2) is 0 Å². The van der Waals surface area contributed by atoms with Crippen molar-refractivity contribution in [2.45, 2.75) is 71.4 Å². The lowest BCUT2D eigenvalue weighted by Crippen LogP contribution is -2.62. The summed E-state index contributed by atoms with van der Waals surface area (Å²) in [5.74, 6) is -5.54. The summed E-state index contributed by atoms with van der Waals surface area (Å²) in [5, 5.41) is 7.19. The number of likely N-dealkylation sites (tertiary alicyclic amines) is 1. The Morgan fingerprint density at radius 1 is 1.12 bits per heavy atom. The highest BCUT2D eigenvalue weighted by atomic mass is 19.4. The number of hydrogen-bond donors (Lipinski definition) is 4. The van der Waals surface area contributed by atoms with E-state index in [9.17, 15) is 37.1 Å². The molecule has 3 aliphatic rings. The largest absolute Gasteiger partial charge is 0.471 e. The second-order valence-electron chi connectivity index (χ2n) is 13.0. The number of likely N-dealkylation sites (N-methyl/N-ethyl adjacent to an activating group) is 1. The Bertz CT molecular complexity index is 1310. The van der Waals surface area contributed by atoms with Gasteiger partial charge < -0.3 is 31.5 Å². The normalized spacial score (nSPS) is 25.9. The smallest absolute Gasteiger partial charge is 0.368 e. The Labute approximate surface area is 241 Å². The fraction of sp³-hybridized carbons (Fsp3) is 0.607. The molecule has 0 radical (unpaired) electrons. The molecule has 0 bridgehead atoms. The Kier molecular flexibility index (Phi) is 7.75. The molecule has 2 unspecified atom stereocenters. The summed E-state index contributed by atoms with van der Waals surface area (Å²) < 4.78 is 39.3. The lowest BCUT2D eigenvalue weighted by atomic mass is 9.85. The van der Waals surface area contributed by atoms with Crippen LogP contribution in [-0.4, -0.2) is 78.4 Å². The zero-order chi connectivity index (χ0) is 31.5. The number of rotatable bonds is 7. The van der Waals surface area contributed by atoms with Crippen molar-refractivity contribution < 1.29 is 37.1 Å². The van der Waals surface area contributed by atoms with Crippen LogP contribution in [-0.2, 0) is 24.0 Å². The fourth-order valence-electron chi connectivity index (χ4n) is 6.28. The number of primary amides is 1. The highest BCUT2D eigenvalue weighted by molar-refractivity contribution is 6.04. The van der Waals surface area contributed by atoms with Crippen molar-refractivity contribution in [2.24, 2.45) is 28.4 Å². The molecule has 6 atom stereocenters. The third kappa shape index (κ3) is 5.62. The van der Waals surface area contributed by atoms with Gasteiger partial charge in [0.1, 0.15) is 24.2 Å². The zero-order valence-electron chi connectivity index (χ0n) is 24.3. The Hall–Kier alpha value is -3.84. The minimum Gasteiger partial charge on any atom is -0.368 e. The minimum absolute atomic E-state index is 0.0921. The van der Waals surface area contributed by atoms with Gasteiger partial charge in [0, 0.05) is 20.0 Å². The van der Waals surface area contributed by atoms with E-state index in [1.54, 1.807) is 41.5 Å². The molecular weight excluding hydrogens is 557 g/mol. The number of benzene rings is 1. The molecule has 1 saturated carbocycles. The number of carbonyl (C=O) groups excluding carboxylic acids is 5. The average molecular weight is 595 g/mol. The zero-order valence-corrected chi connectivity index (χ0v) is 24.3. The summed E-state index contributed by atoms with van der Waals surface area (Å²) >= 11 is 0. The lowest BCUT2D eigenvalue weighted by Gasteiger charge is -2.38. The van der Waals surface area contributed by atoms with E-state index in [2.05, 4.69) is 10.6 Å². The summed E-state index contributed by atoms with van der Waals surface area (Å²) in [6.45, 7) is 8.46. The minimum atomic E-state index is -5.20. The molecule has 230 valence electrons. The van der Waals surface area contributed by atoms with Gasteiger partial charge in [-0.05, 0) is 34.8 Å². The van der Waals surface area contributed by atoms with Crippen molar-refractivity contribution in [2.75, 3.05) is 23.8 Å². The van der Waals surface area contributed by atoms with Gasteiger partial charge in [-0.1, -0.05) is 46.8 Å². The molecule has 5 N–H and O–H groups in total. The first-order chi connectivity index (χ1) is 19.3. The molecule has 0 spiro atoms. The molecule has 4 rings (SSSR count). The number of nitrogens with one attached hydrogen (secondary N) is 3. The van der Waals surface area contributed by atoms with E-state index in [4.69, 9.17) is 5.73 Å². The van der Waals surface area contributed by atoms with Crippen LogP contribution in [0.5, 0.6) is 0 Å². The predicted molar refractivity (Wildman–Crippen MR) is 147 cm³/mol. The van der Waals surface area contributed by atoms with Crippen molar-refractivity contribution in [1.82, 2.24) is 15.5 Å². The Balaban J connectivity index is 1.57. The molecular formula is C28H37F3N6O5. The number of piperidine rings is 1. The average Bonchev–Trinajstić information content (AvgIpc) is 3.20. The van der Waals surface area contributed by atoms with Crippen LogP contribution in [0.15, 0.2) is 24.3 Å². The van der Waals surface area contributed by atoms with Crippen LogP contribution in [0.1, 0.15) is 41.0 Å². The highest BCUT2D eigenvalue weighted by Crippen LogP contribution is 2.65. The monoisotopic (exact) mass is 594 g/mol. The molecule has 2 fully saturated rings. The molecule has 1 aromatic carbocycles. The molecule has 42 heavy (non-hydrogen) atoms. The number of nitrogens with two attached hydrogens (primary N) is 1. The van der Waals surface area contributed by atoms with E-state index in [1.807, 2.05) is 13.8 Å². The first-order valence-corrected chi connectivity index (χ1v) is 13.7. The summed E-state index contributed by atoms with van der Waals surface area (Å²) in [6, 6.07) is 2.24. The maximum absolute atomic E-state index is 13.8. The van der Waals surface area contributed by atoms with Crippen LogP contribution < -0.4 is 26.6 Å². The Morgan fingerprint density at radius 2 is 1.74 bits per heavy atom. The fourth-order valence-corrected chi connectivity index (χ4v) is 6.28. The third-order valence-electron chi connectivity index (χ3n) is 8.84. The van der Waals surface area contributed by atoms with Gasteiger partial charge in [-0.2, -0.15) is 13.2 Å². The van der Waals surface area contributed by atoms with Gasteiger partial charge in [-0.15, -0.1) is 0 Å². The number of alkyl halides is 3. The summed E-state index contributed by atoms with van der Waals surface area (Å²) in [4.78, 5) is 67.5. The van der Waals surface area contributed by atoms with Crippen LogP contribution in [0, 0.1) is 22.7 Å². The number of anilines is 2. The maximum Gasteiger partial charge on any atom is 0.471 e. The standard InChI is InChI=1S/C28H37F3N6O5/c1-26(2,3)20(35-25(42)28(29,30)31)24(41)37-12-13-18(27(13,4)5)19(37)23(40)34-15(21(32)38)11-17-22(39)33-14-9-7-8-10-16(14)36(17)6/h7-10,13,15,17-20H,11-12H2,1-6H3,(H2,32,38)(H,33,39)(H,34,40)(H,35,42)/t13-,15?,17?,18-,19-,20+/m0/s1. The molecule has 14 heteroatoms. The first kappa shape index (κ1) is 31.1. The van der Waals surface area contributed by atoms with Crippen LogP contribution in [0.3, 0.4) is 0 Å². The number of halogens is 3. The van der Waals surface area contributed by atoms with Gasteiger partial charge in [0.05, 0.1) is 11.4 Å². The summed E-state index contributed by atoms with van der Waals surface area (Å²) in [6.07, 6.45) is -5.37. The topological polar surface area (TPSA) is 154 Å². The number of fused-ring (bicyclic) bond motifs is 2. The van der Waals surface area contributed by atoms with Crippen LogP contribution >= 0.6 is 0 Å². The van der Waals surface area contributed by atoms with Gasteiger partial charge >= 0.3 is 12.1 Å². The van der Waals surface area contributed by atoms with E-state index in [1.165, 1.54) is 25.7 Å². The van der Waals surface area contributed by atoms with Gasteiger partial charge in [-0.3, -0.25) is 24.0 Å². The van der Waals surface area contributed by atoms with Gasteiger partial charge in [0.25, 0.3) is 0 Å². The van der Waals surface area contributed by atoms with Crippen molar-refractivity contribution in [3.63, 3.8) is 0 Å². The van der Waals surface area contributed by atoms with E-state index < -0.39 is 65.3 Å². The maximum atomic E-state index is 13.8. The second kappa shape index (κ2) is 10.5. The van der Waals surface area contributed by atoms with Crippen LogP contribution in [0.2, 0.25) is 0 Å². The summed E-state index contributed by atoms with van der Waals surface area (Å²) in [5.41, 5.74) is 5.48. The molecule has 1 aliphatic carbocycles. The molecule has 0 aromatic heterocycles. The number of carbonyl (C=O) groups is 5. The van der Waals surface area contributed by atoms with Crippen molar-refractivity contribution in [3.8, 4) is 0 Å². The number of nitrogens with zero attached hydrogens (tertiary/aromatic N) is 2. The number of hydrogen-bond acceptors (Lipinski definition) is 6. The van der Waals surface area contributed by atoms with E-state index in [0.29, 0.717) is 11.4 Å². The SMILES string of the molecule is CN1c2ccccc2NC(=O)C1CC(NC(=O)[C@@H]1[C@@H]2[C@H](CN1C(=O)[C@@H](NC(=O)C(F)(F)F)C(C)(C)C)C2(C)C)C(N)=O. The predicted octanol–water partition coefficient (Wildman–Crippen LogP) is 1.38. The molecule has 11 nitrogen and oxygen atoms in total. The van der Waals surface area contributed by atoms with Crippen molar-refractivity contribution >= 4 is 40.9 Å². The van der Waals surface area contributed by atoms with Crippen molar-refractivity contribution in [1.29, 1.82) is 0 Å². The molecule has 5 amide bonds. The lowest BCUT2D eigenvalue weighted by molar-refractivity contribution is -0.176. The van der Waals surface area contributed by atoms with Crippen LogP contribution in [0.4, 0.5) is 24.5 Å². The van der Waals surface area contributed by atoms with Crippen molar-refractivity contribution in [3.05, 3.63) is 24.3 Å². The third-order valence-corrected chi connectivity index (χ3v) is 8.84. The second-order valence-corrected chi connectivity index (χ2v) is 13.0. The highest BCUT2D eigenvalue weighted by Gasteiger charge is 2.70. The Morgan fingerprint density at radius 3 is 2.31 bits per heavy atom. The van der Waals surface area contributed by atoms with Gasteiger partial charge in [0.2, 0.25) is 23.6 Å². The number of amides is 5. The summed E-state index contributed by atoms with van der Waals surface area (Å²) in [7, 11) is 1.68. The van der Waals surface area contributed by atoms with E-state index >= 15 is 0 Å². The van der Waals surface area contributed by atoms with Gasteiger partial charge in [0.15, 0.2) is 0 Å². The molecule has 2 aliphatic heterocycles. The van der Waals surface area contributed by atoms with E-state index in [-0.39, 0.29) is 30.2 Å². The molecule has 2 heterocycles. The van der Waals surface area contributed by atoms with E-state index in [0.717, 1.165) is 0 Å². The first-order valence-electron chi connectivity index (χ1n) is 13.7. The molecule has 1 aromatic rings. The number of para-hydroxylation sites is 2.